The quantitative estimate of drug-likeness (QED) is 0.892. The Morgan fingerprint density at radius 3 is 2.87 bits per heavy atom. The molecule has 0 spiro atoms. The van der Waals surface area contributed by atoms with E-state index in [0.29, 0.717) is 24.3 Å². The van der Waals surface area contributed by atoms with Gasteiger partial charge in [-0.15, -0.1) is 0 Å². The van der Waals surface area contributed by atoms with Crippen molar-refractivity contribution in [1.29, 1.82) is 0 Å². The molecular weight excluding hydrogens is 292 g/mol. The van der Waals surface area contributed by atoms with Crippen molar-refractivity contribution in [2.75, 3.05) is 19.0 Å². The van der Waals surface area contributed by atoms with Gasteiger partial charge in [0.05, 0.1) is 13.0 Å². The minimum absolute atomic E-state index is 0.0122. The molecule has 2 aromatic carbocycles. The molecule has 2 amide bonds. The highest BCUT2D eigenvalue weighted by molar-refractivity contribution is 6.02. The van der Waals surface area contributed by atoms with Crippen LogP contribution in [-0.2, 0) is 4.79 Å². The molecular formula is C18H18N2O3. The number of hydrogen-bond donors (Lipinski definition) is 2. The van der Waals surface area contributed by atoms with Crippen LogP contribution in [0.2, 0.25) is 0 Å². The van der Waals surface area contributed by atoms with E-state index in [1.165, 1.54) is 0 Å². The van der Waals surface area contributed by atoms with Gasteiger partial charge in [0.15, 0.2) is 0 Å². The maximum atomic E-state index is 12.1. The smallest absolute Gasteiger partial charge is 0.251 e. The van der Waals surface area contributed by atoms with E-state index in [4.69, 9.17) is 4.74 Å². The lowest BCUT2D eigenvalue weighted by Gasteiger charge is -2.10. The van der Waals surface area contributed by atoms with E-state index in [1.807, 2.05) is 24.3 Å². The molecule has 3 rings (SSSR count). The molecule has 23 heavy (non-hydrogen) atoms. The van der Waals surface area contributed by atoms with E-state index in [2.05, 4.69) is 10.6 Å². The van der Waals surface area contributed by atoms with Gasteiger partial charge in [0.2, 0.25) is 5.91 Å². The summed E-state index contributed by atoms with van der Waals surface area (Å²) in [5.41, 5.74) is 2.40. The van der Waals surface area contributed by atoms with Gasteiger partial charge in [-0.1, -0.05) is 24.3 Å². The van der Waals surface area contributed by atoms with Crippen LogP contribution in [0.3, 0.4) is 0 Å². The molecule has 1 heterocycles. The Balaban J connectivity index is 1.59. The van der Waals surface area contributed by atoms with Gasteiger partial charge < -0.3 is 15.4 Å². The predicted octanol–water partition coefficient (Wildman–Crippen LogP) is 2.55. The van der Waals surface area contributed by atoms with E-state index in [0.717, 1.165) is 11.3 Å². The molecule has 0 radical (unpaired) electrons. The first-order valence-corrected chi connectivity index (χ1v) is 7.51. The molecule has 0 aromatic heterocycles. The van der Waals surface area contributed by atoms with Gasteiger partial charge in [-0.2, -0.15) is 0 Å². The lowest BCUT2D eigenvalue weighted by atomic mass is 9.97. The number of carbonyl (C=O) groups is 2. The number of amides is 2. The summed E-state index contributed by atoms with van der Waals surface area (Å²) >= 11 is 0. The number of hydrogen-bond acceptors (Lipinski definition) is 3. The third kappa shape index (κ3) is 3.18. The van der Waals surface area contributed by atoms with E-state index in [9.17, 15) is 9.59 Å². The number of ether oxygens (including phenoxy) is 1. The van der Waals surface area contributed by atoms with E-state index in [1.54, 1.807) is 31.4 Å². The standard InChI is InChI=1S/C18H18N2O3/c1-23-13-6-4-5-12(11-13)17(21)19-10-9-15-14-7-2-3-8-16(14)20-18(15)22/h2-8,11,15H,9-10H2,1H3,(H,19,21)(H,20,22). The molecule has 1 aliphatic rings. The van der Waals surface area contributed by atoms with Crippen LogP contribution in [0, 0.1) is 0 Å². The topological polar surface area (TPSA) is 67.4 Å². The van der Waals surface area contributed by atoms with E-state index < -0.39 is 0 Å². The fraction of sp³-hybridized carbons (Fsp3) is 0.222. The molecule has 2 N–H and O–H groups in total. The zero-order chi connectivity index (χ0) is 16.2. The molecule has 0 aliphatic carbocycles. The zero-order valence-electron chi connectivity index (χ0n) is 12.8. The second-order valence-corrected chi connectivity index (χ2v) is 5.41. The highest BCUT2D eigenvalue weighted by Gasteiger charge is 2.29. The summed E-state index contributed by atoms with van der Waals surface area (Å²) in [7, 11) is 1.56. The van der Waals surface area contributed by atoms with Crippen molar-refractivity contribution in [3.05, 3.63) is 59.7 Å². The van der Waals surface area contributed by atoms with Gasteiger partial charge in [0.25, 0.3) is 5.91 Å². The van der Waals surface area contributed by atoms with Crippen molar-refractivity contribution >= 4 is 17.5 Å². The summed E-state index contributed by atoms with van der Waals surface area (Å²) in [6.07, 6.45) is 0.568. The molecule has 5 heteroatoms. The Bertz CT molecular complexity index is 743. The minimum Gasteiger partial charge on any atom is -0.497 e. The van der Waals surface area contributed by atoms with Crippen LogP contribution >= 0.6 is 0 Å². The van der Waals surface area contributed by atoms with E-state index in [-0.39, 0.29) is 17.7 Å². The van der Waals surface area contributed by atoms with Gasteiger partial charge in [-0.3, -0.25) is 9.59 Å². The SMILES string of the molecule is COc1cccc(C(=O)NCCC2C(=O)Nc3ccccc32)c1. The summed E-state index contributed by atoms with van der Waals surface area (Å²) in [4.78, 5) is 24.2. The fourth-order valence-corrected chi connectivity index (χ4v) is 2.76. The fourth-order valence-electron chi connectivity index (χ4n) is 2.76. The maximum absolute atomic E-state index is 12.1. The summed E-state index contributed by atoms with van der Waals surface area (Å²) in [5, 5.41) is 5.72. The lowest BCUT2D eigenvalue weighted by Crippen LogP contribution is -2.26. The normalized spacial score (nSPS) is 15.7. The number of methoxy groups -OCH3 is 1. The number of rotatable bonds is 5. The largest absolute Gasteiger partial charge is 0.497 e. The molecule has 0 saturated heterocycles. The number of anilines is 1. The Kier molecular flexibility index (Phi) is 4.28. The van der Waals surface area contributed by atoms with E-state index >= 15 is 0 Å². The number of para-hydroxylation sites is 1. The van der Waals surface area contributed by atoms with Crippen LogP contribution < -0.4 is 15.4 Å². The second kappa shape index (κ2) is 6.52. The molecule has 118 valence electrons. The van der Waals surface area contributed by atoms with Crippen LogP contribution in [0.15, 0.2) is 48.5 Å². The Morgan fingerprint density at radius 2 is 2.04 bits per heavy atom. The van der Waals surface area contributed by atoms with Crippen molar-refractivity contribution in [2.24, 2.45) is 0 Å². The third-order valence-electron chi connectivity index (χ3n) is 3.96. The van der Waals surface area contributed by atoms with Gasteiger partial charge in [0.1, 0.15) is 5.75 Å². The first-order valence-electron chi connectivity index (χ1n) is 7.51. The van der Waals surface area contributed by atoms with Crippen LogP contribution in [-0.4, -0.2) is 25.5 Å². The zero-order valence-corrected chi connectivity index (χ0v) is 12.8. The highest BCUT2D eigenvalue weighted by atomic mass is 16.5. The van der Waals surface area contributed by atoms with Crippen molar-refractivity contribution in [3.8, 4) is 5.75 Å². The highest BCUT2D eigenvalue weighted by Crippen LogP contribution is 2.33. The average molecular weight is 310 g/mol. The Hall–Kier alpha value is -2.82. The number of carbonyl (C=O) groups excluding carboxylic acids is 2. The first-order chi connectivity index (χ1) is 11.2. The first kappa shape index (κ1) is 15.1. The average Bonchev–Trinajstić information content (AvgIpc) is 2.90. The molecule has 2 aromatic rings. The molecule has 1 unspecified atom stereocenters. The van der Waals surface area contributed by atoms with Crippen molar-refractivity contribution < 1.29 is 14.3 Å². The molecule has 5 nitrogen and oxygen atoms in total. The predicted molar refractivity (Wildman–Crippen MR) is 87.8 cm³/mol. The molecule has 0 bridgehead atoms. The molecule has 1 atom stereocenters. The summed E-state index contributed by atoms with van der Waals surface area (Å²) in [5.74, 6) is 0.246. The third-order valence-corrected chi connectivity index (χ3v) is 3.96. The van der Waals surface area contributed by atoms with Crippen LogP contribution in [0.25, 0.3) is 0 Å². The van der Waals surface area contributed by atoms with Gasteiger partial charge in [0, 0.05) is 17.8 Å². The second-order valence-electron chi connectivity index (χ2n) is 5.41. The van der Waals surface area contributed by atoms with Crippen LogP contribution in [0.1, 0.15) is 28.3 Å². The van der Waals surface area contributed by atoms with Gasteiger partial charge in [-0.25, -0.2) is 0 Å². The molecule has 0 saturated carbocycles. The molecule has 0 fully saturated rings. The molecule has 1 aliphatic heterocycles. The minimum atomic E-state index is -0.211. The van der Waals surface area contributed by atoms with Crippen LogP contribution in [0.5, 0.6) is 5.75 Å². The van der Waals surface area contributed by atoms with Gasteiger partial charge >= 0.3 is 0 Å². The Morgan fingerprint density at radius 1 is 1.22 bits per heavy atom. The summed E-state index contributed by atoms with van der Waals surface area (Å²) in [6.45, 7) is 0.433. The number of fused-ring (bicyclic) bond motifs is 1. The van der Waals surface area contributed by atoms with Crippen molar-refractivity contribution in [1.82, 2.24) is 5.32 Å². The summed E-state index contributed by atoms with van der Waals surface area (Å²) < 4.78 is 5.11. The lowest BCUT2D eigenvalue weighted by molar-refractivity contribution is -0.117. The number of nitrogens with one attached hydrogen (secondary N) is 2. The Labute approximate surface area is 134 Å². The van der Waals surface area contributed by atoms with Crippen molar-refractivity contribution in [3.63, 3.8) is 0 Å². The summed E-state index contributed by atoms with van der Waals surface area (Å²) in [6, 6.07) is 14.6. The maximum Gasteiger partial charge on any atom is 0.251 e. The monoisotopic (exact) mass is 310 g/mol. The van der Waals surface area contributed by atoms with Gasteiger partial charge in [-0.05, 0) is 36.2 Å². The van der Waals surface area contributed by atoms with Crippen LogP contribution in [0.4, 0.5) is 5.69 Å². The van der Waals surface area contributed by atoms with Crippen molar-refractivity contribution in [2.45, 2.75) is 12.3 Å². The number of benzene rings is 2.